The topological polar surface area (TPSA) is 47.3 Å². The van der Waals surface area contributed by atoms with E-state index in [1.807, 2.05) is 42.5 Å². The van der Waals surface area contributed by atoms with E-state index in [9.17, 15) is 4.79 Å². The van der Waals surface area contributed by atoms with Gasteiger partial charge >= 0.3 is 0 Å². The first-order chi connectivity index (χ1) is 11.6. The summed E-state index contributed by atoms with van der Waals surface area (Å²) in [7, 11) is 0. The van der Waals surface area contributed by atoms with Crippen LogP contribution < -0.4 is 10.1 Å². The first-order valence-electron chi connectivity index (χ1n) is 7.03. The number of hydrogen-bond acceptors (Lipinski definition) is 4. The largest absolute Gasteiger partial charge is 0.276 e. The van der Waals surface area contributed by atoms with E-state index in [0.29, 0.717) is 20.3 Å². The van der Waals surface area contributed by atoms with Gasteiger partial charge < -0.3 is 0 Å². The van der Waals surface area contributed by atoms with Crippen LogP contribution in [0.25, 0.3) is 22.4 Å². The van der Waals surface area contributed by atoms with Crippen LogP contribution in [0.1, 0.15) is 5.56 Å². The number of halogens is 2. The fourth-order valence-corrected chi connectivity index (χ4v) is 3.66. The molecule has 4 rings (SSSR count). The minimum Gasteiger partial charge on any atom is -0.267 e. The maximum Gasteiger partial charge on any atom is 0.276 e. The van der Waals surface area contributed by atoms with Crippen molar-refractivity contribution in [1.82, 2.24) is 14.6 Å². The van der Waals surface area contributed by atoms with Crippen molar-refractivity contribution >= 4 is 49.9 Å². The fourth-order valence-electron chi connectivity index (χ4n) is 2.36. The monoisotopic (exact) mass is 417 g/mol. The molecule has 2 aromatic carbocycles. The number of aromatic nitrogens is 3. The third-order valence-electron chi connectivity index (χ3n) is 3.52. The van der Waals surface area contributed by atoms with E-state index in [1.165, 1.54) is 11.3 Å². The molecule has 0 spiro atoms. The Morgan fingerprint density at radius 3 is 2.46 bits per heavy atom. The van der Waals surface area contributed by atoms with Gasteiger partial charge in [-0.1, -0.05) is 51.0 Å². The summed E-state index contributed by atoms with van der Waals surface area (Å²) in [4.78, 5) is 13.3. The lowest BCUT2D eigenvalue weighted by Crippen LogP contribution is -2.23. The molecule has 0 saturated carbocycles. The number of nitrogens with zero attached hydrogens (tertiary/aromatic N) is 3. The molecule has 0 bridgehead atoms. The van der Waals surface area contributed by atoms with Crippen LogP contribution >= 0.6 is 38.9 Å². The van der Waals surface area contributed by atoms with Crippen LogP contribution in [-0.4, -0.2) is 14.6 Å². The van der Waals surface area contributed by atoms with Crippen LogP contribution in [-0.2, 0) is 0 Å². The number of hydrogen-bond donors (Lipinski definition) is 0. The molecule has 0 aliphatic rings. The predicted octanol–water partition coefficient (Wildman–Crippen LogP) is 3.78. The second-order valence-electron chi connectivity index (χ2n) is 5.12. The van der Waals surface area contributed by atoms with E-state index in [4.69, 9.17) is 11.6 Å². The van der Waals surface area contributed by atoms with Crippen LogP contribution in [0.5, 0.6) is 0 Å². The normalized spacial score (nSPS) is 12.2. The minimum absolute atomic E-state index is 0.118. The van der Waals surface area contributed by atoms with Crippen molar-refractivity contribution < 1.29 is 0 Å². The third-order valence-corrected chi connectivity index (χ3v) is 5.26. The summed E-state index contributed by atoms with van der Waals surface area (Å²) in [6.07, 6.45) is 1.86. The SMILES string of the molecule is O=c1/c(=C/c2ccc(Br)cc2)sc2nnc(-c3ccc(Cl)cc3)n12. The zero-order valence-electron chi connectivity index (χ0n) is 12.1. The highest BCUT2D eigenvalue weighted by molar-refractivity contribution is 9.10. The van der Waals surface area contributed by atoms with Crippen molar-refractivity contribution in [3.8, 4) is 11.4 Å². The first kappa shape index (κ1) is 15.5. The van der Waals surface area contributed by atoms with E-state index in [1.54, 1.807) is 16.5 Å². The molecule has 2 aromatic heterocycles. The van der Waals surface area contributed by atoms with E-state index in [0.717, 1.165) is 15.6 Å². The first-order valence-corrected chi connectivity index (χ1v) is 9.02. The van der Waals surface area contributed by atoms with Gasteiger partial charge in [-0.3, -0.25) is 4.79 Å². The van der Waals surface area contributed by atoms with Gasteiger partial charge in [-0.15, -0.1) is 10.2 Å². The summed E-state index contributed by atoms with van der Waals surface area (Å²) in [5.74, 6) is 0.526. The Hall–Kier alpha value is -2.02. The number of fused-ring (bicyclic) bond motifs is 1. The number of rotatable bonds is 2. The van der Waals surface area contributed by atoms with E-state index < -0.39 is 0 Å². The Labute approximate surface area is 154 Å². The maximum absolute atomic E-state index is 12.7. The Kier molecular flexibility index (Phi) is 3.96. The zero-order valence-corrected chi connectivity index (χ0v) is 15.3. The molecule has 0 radical (unpaired) electrons. The average Bonchev–Trinajstić information content (AvgIpc) is 3.12. The Balaban J connectivity index is 1.89. The van der Waals surface area contributed by atoms with Crippen LogP contribution in [0, 0.1) is 0 Å². The molecule has 2 heterocycles. The van der Waals surface area contributed by atoms with Crippen molar-refractivity contribution in [1.29, 1.82) is 0 Å². The summed E-state index contributed by atoms with van der Waals surface area (Å²) < 4.78 is 3.16. The summed E-state index contributed by atoms with van der Waals surface area (Å²) in [5.41, 5.74) is 1.64. The van der Waals surface area contributed by atoms with Crippen LogP contribution in [0.15, 0.2) is 57.8 Å². The molecule has 0 unspecified atom stereocenters. The molecular formula is C17H9BrClN3OS. The molecule has 0 atom stereocenters. The second-order valence-corrected chi connectivity index (χ2v) is 7.48. The van der Waals surface area contributed by atoms with Crippen molar-refractivity contribution in [2.24, 2.45) is 0 Å². The lowest BCUT2D eigenvalue weighted by atomic mass is 10.2. The molecule has 0 aliphatic heterocycles. The van der Waals surface area contributed by atoms with E-state index in [2.05, 4.69) is 26.1 Å². The highest BCUT2D eigenvalue weighted by Crippen LogP contribution is 2.20. The van der Waals surface area contributed by atoms with Gasteiger partial charge in [-0.25, -0.2) is 4.40 Å². The summed E-state index contributed by atoms with van der Waals surface area (Å²) in [5, 5.41) is 8.90. The van der Waals surface area contributed by atoms with E-state index >= 15 is 0 Å². The summed E-state index contributed by atoms with van der Waals surface area (Å²) >= 11 is 10.6. The standard InChI is InChI=1S/C17H9BrClN3OS/c18-12-5-1-10(2-6-12)9-14-16(23)22-15(20-21-17(22)24-14)11-3-7-13(19)8-4-11/h1-9H/b14-9-. The van der Waals surface area contributed by atoms with Crippen molar-refractivity contribution in [2.75, 3.05) is 0 Å². The molecule has 7 heteroatoms. The van der Waals surface area contributed by atoms with Crippen LogP contribution in [0.4, 0.5) is 0 Å². The maximum atomic E-state index is 12.7. The molecule has 4 aromatic rings. The van der Waals surface area contributed by atoms with Crippen molar-refractivity contribution in [2.45, 2.75) is 0 Å². The molecule has 0 amide bonds. The van der Waals surface area contributed by atoms with E-state index in [-0.39, 0.29) is 5.56 Å². The average molecular weight is 419 g/mol. The highest BCUT2D eigenvalue weighted by atomic mass is 79.9. The van der Waals surface area contributed by atoms with Gasteiger partial charge in [0.15, 0.2) is 5.82 Å². The zero-order chi connectivity index (χ0) is 16.7. The molecule has 4 nitrogen and oxygen atoms in total. The Bertz CT molecular complexity index is 1130. The van der Waals surface area contributed by atoms with Gasteiger partial charge in [0.25, 0.3) is 5.56 Å². The van der Waals surface area contributed by atoms with Gasteiger partial charge in [0, 0.05) is 15.1 Å². The van der Waals surface area contributed by atoms with Gasteiger partial charge in [0.1, 0.15) is 0 Å². The summed E-state index contributed by atoms with van der Waals surface area (Å²) in [6, 6.07) is 15.0. The van der Waals surface area contributed by atoms with Gasteiger partial charge in [-0.05, 0) is 48.0 Å². The fraction of sp³-hybridized carbons (Fsp3) is 0. The quantitative estimate of drug-likeness (QED) is 0.498. The molecule has 24 heavy (non-hydrogen) atoms. The number of benzene rings is 2. The minimum atomic E-state index is -0.118. The van der Waals surface area contributed by atoms with Gasteiger partial charge in [0.2, 0.25) is 4.96 Å². The van der Waals surface area contributed by atoms with Gasteiger partial charge in [0.05, 0.1) is 4.53 Å². The molecule has 0 fully saturated rings. The van der Waals surface area contributed by atoms with Gasteiger partial charge in [-0.2, -0.15) is 0 Å². The smallest absolute Gasteiger partial charge is 0.267 e. The highest BCUT2D eigenvalue weighted by Gasteiger charge is 2.13. The van der Waals surface area contributed by atoms with Crippen LogP contribution in [0.3, 0.4) is 0 Å². The van der Waals surface area contributed by atoms with Crippen LogP contribution in [0.2, 0.25) is 5.02 Å². The molecule has 118 valence electrons. The lowest BCUT2D eigenvalue weighted by molar-refractivity contribution is 1.09. The Morgan fingerprint density at radius 1 is 1.04 bits per heavy atom. The van der Waals surface area contributed by atoms with Crippen molar-refractivity contribution in [3.05, 3.63) is 78.5 Å². The second kappa shape index (κ2) is 6.12. The van der Waals surface area contributed by atoms with Crippen molar-refractivity contribution in [3.63, 3.8) is 0 Å². The third kappa shape index (κ3) is 2.77. The number of thiazole rings is 1. The lowest BCUT2D eigenvalue weighted by Gasteiger charge is -1.96. The molecular weight excluding hydrogens is 410 g/mol. The molecule has 0 saturated heterocycles. The Morgan fingerprint density at radius 2 is 1.75 bits per heavy atom. The molecule has 0 aliphatic carbocycles. The summed E-state index contributed by atoms with van der Waals surface area (Å²) in [6.45, 7) is 0. The predicted molar refractivity (Wildman–Crippen MR) is 101 cm³/mol. The molecule has 0 N–H and O–H groups in total.